The number of carboxylic acids is 1. The molecule has 0 aromatic rings. The van der Waals surface area contributed by atoms with Gasteiger partial charge in [0, 0.05) is 6.42 Å². The molecule has 0 aliphatic rings. The van der Waals surface area contributed by atoms with Crippen molar-refractivity contribution in [2.24, 2.45) is 17.8 Å². The Hall–Kier alpha value is -0.610. The number of hydrogen-bond acceptors (Lipinski definition) is 3. The van der Waals surface area contributed by atoms with E-state index < -0.39 is 18.2 Å². The number of rotatable bonds is 10. The van der Waals surface area contributed by atoms with E-state index in [4.69, 9.17) is 14.6 Å². The highest BCUT2D eigenvalue weighted by atomic mass is 16.7. The highest BCUT2D eigenvalue weighted by Gasteiger charge is 2.22. The van der Waals surface area contributed by atoms with Crippen molar-refractivity contribution in [1.82, 2.24) is 0 Å². The highest BCUT2D eigenvalue weighted by Crippen LogP contribution is 2.16. The second-order valence-electron chi connectivity index (χ2n) is 5.56. The summed E-state index contributed by atoms with van der Waals surface area (Å²) in [6, 6.07) is 0. The lowest BCUT2D eigenvalue weighted by Crippen LogP contribution is -2.27. The largest absolute Gasteiger partial charge is 0.481 e. The second kappa shape index (κ2) is 9.34. The summed E-state index contributed by atoms with van der Waals surface area (Å²) in [5, 5.41) is 9.07. The molecule has 0 saturated heterocycles. The fourth-order valence-corrected chi connectivity index (χ4v) is 1.46. The average molecular weight is 260 g/mol. The van der Waals surface area contributed by atoms with Crippen molar-refractivity contribution in [2.75, 3.05) is 13.2 Å². The summed E-state index contributed by atoms with van der Waals surface area (Å²) < 4.78 is 11.3. The van der Waals surface area contributed by atoms with E-state index in [2.05, 4.69) is 27.7 Å². The van der Waals surface area contributed by atoms with Crippen molar-refractivity contribution in [2.45, 2.75) is 53.8 Å². The molecule has 0 bridgehead atoms. The van der Waals surface area contributed by atoms with Crippen molar-refractivity contribution in [3.05, 3.63) is 0 Å². The topological polar surface area (TPSA) is 55.8 Å². The van der Waals surface area contributed by atoms with Crippen LogP contribution in [0.1, 0.15) is 47.5 Å². The van der Waals surface area contributed by atoms with Crippen LogP contribution in [0, 0.1) is 17.8 Å². The van der Waals surface area contributed by atoms with E-state index in [1.807, 2.05) is 6.92 Å². The van der Waals surface area contributed by atoms with Gasteiger partial charge in [-0.3, -0.25) is 4.79 Å². The Morgan fingerprint density at radius 1 is 1.06 bits per heavy atom. The van der Waals surface area contributed by atoms with Gasteiger partial charge in [-0.05, 0) is 18.3 Å². The molecule has 18 heavy (non-hydrogen) atoms. The van der Waals surface area contributed by atoms with Gasteiger partial charge in [-0.2, -0.15) is 0 Å². The first kappa shape index (κ1) is 17.4. The van der Waals surface area contributed by atoms with Crippen LogP contribution in [-0.4, -0.2) is 30.6 Å². The summed E-state index contributed by atoms with van der Waals surface area (Å²) >= 11 is 0. The summed E-state index contributed by atoms with van der Waals surface area (Å²) in [5.41, 5.74) is 0. The molecule has 0 spiro atoms. The summed E-state index contributed by atoms with van der Waals surface area (Å²) in [6.07, 6.45) is 0.614. The van der Waals surface area contributed by atoms with Gasteiger partial charge in [-0.15, -0.1) is 0 Å². The second-order valence-corrected chi connectivity index (χ2v) is 5.56. The predicted molar refractivity (Wildman–Crippen MR) is 71.4 cm³/mol. The first-order valence-corrected chi connectivity index (χ1v) is 6.82. The van der Waals surface area contributed by atoms with Crippen LogP contribution >= 0.6 is 0 Å². The van der Waals surface area contributed by atoms with Gasteiger partial charge in [-0.25, -0.2) is 0 Å². The third kappa shape index (κ3) is 8.48. The van der Waals surface area contributed by atoms with Gasteiger partial charge in [0.1, 0.15) is 0 Å². The molecule has 1 N–H and O–H groups in total. The number of hydrogen-bond donors (Lipinski definition) is 1. The lowest BCUT2D eigenvalue weighted by Gasteiger charge is -2.23. The third-order valence-electron chi connectivity index (χ3n) is 2.55. The van der Waals surface area contributed by atoms with E-state index in [0.717, 1.165) is 0 Å². The molecule has 108 valence electrons. The minimum Gasteiger partial charge on any atom is -0.481 e. The van der Waals surface area contributed by atoms with Crippen LogP contribution in [0.5, 0.6) is 0 Å². The van der Waals surface area contributed by atoms with E-state index in [1.165, 1.54) is 0 Å². The molecule has 4 heteroatoms. The van der Waals surface area contributed by atoms with E-state index in [1.54, 1.807) is 0 Å². The molecule has 0 rings (SSSR count). The third-order valence-corrected chi connectivity index (χ3v) is 2.55. The quantitative estimate of drug-likeness (QED) is 0.613. The lowest BCUT2D eigenvalue weighted by molar-refractivity contribution is -0.171. The molecule has 1 unspecified atom stereocenters. The minimum absolute atomic E-state index is 0.394. The Kier molecular flexibility index (Phi) is 9.02. The molecule has 0 aliphatic heterocycles. The van der Waals surface area contributed by atoms with Crippen molar-refractivity contribution in [3.63, 3.8) is 0 Å². The van der Waals surface area contributed by atoms with Crippen LogP contribution in [0.3, 0.4) is 0 Å². The molecule has 0 heterocycles. The maximum Gasteiger partial charge on any atom is 0.306 e. The lowest BCUT2D eigenvalue weighted by atomic mass is 10.0. The van der Waals surface area contributed by atoms with Gasteiger partial charge >= 0.3 is 5.97 Å². The van der Waals surface area contributed by atoms with Gasteiger partial charge in [0.05, 0.1) is 19.1 Å². The van der Waals surface area contributed by atoms with Crippen molar-refractivity contribution >= 4 is 5.97 Å². The summed E-state index contributed by atoms with van der Waals surface area (Å²) in [6.45, 7) is 11.3. The Morgan fingerprint density at radius 3 is 1.78 bits per heavy atom. The van der Waals surface area contributed by atoms with Gasteiger partial charge in [0.15, 0.2) is 6.29 Å². The zero-order valence-corrected chi connectivity index (χ0v) is 12.3. The smallest absolute Gasteiger partial charge is 0.306 e. The molecular formula is C14H28O4. The van der Waals surface area contributed by atoms with E-state index in [9.17, 15) is 4.79 Å². The fraction of sp³-hybridized carbons (Fsp3) is 0.929. The first-order chi connectivity index (χ1) is 8.36. The standard InChI is InChI=1S/C14H28O4/c1-6-12(14(15)16)7-13(17-8-10(2)3)18-9-11(4)5/h10-13H,6-9H2,1-5H3,(H,15,16). The molecule has 0 saturated carbocycles. The molecule has 0 aromatic heterocycles. The summed E-state index contributed by atoms with van der Waals surface area (Å²) in [5.74, 6) is -0.335. The Morgan fingerprint density at radius 2 is 1.50 bits per heavy atom. The van der Waals surface area contributed by atoms with Crippen LogP contribution in [-0.2, 0) is 14.3 Å². The molecule has 1 atom stereocenters. The molecule has 0 fully saturated rings. The fourth-order valence-electron chi connectivity index (χ4n) is 1.46. The van der Waals surface area contributed by atoms with E-state index in [0.29, 0.717) is 37.9 Å². The monoisotopic (exact) mass is 260 g/mol. The van der Waals surface area contributed by atoms with Gasteiger partial charge < -0.3 is 14.6 Å². The van der Waals surface area contributed by atoms with E-state index >= 15 is 0 Å². The zero-order valence-electron chi connectivity index (χ0n) is 12.3. The van der Waals surface area contributed by atoms with Gasteiger partial charge in [0.2, 0.25) is 0 Å². The van der Waals surface area contributed by atoms with Crippen LogP contribution in [0.4, 0.5) is 0 Å². The van der Waals surface area contributed by atoms with Gasteiger partial charge in [0.25, 0.3) is 0 Å². The minimum atomic E-state index is -0.774. The average Bonchev–Trinajstić information content (AvgIpc) is 2.27. The number of carbonyl (C=O) groups is 1. The van der Waals surface area contributed by atoms with Crippen LogP contribution in [0.15, 0.2) is 0 Å². The zero-order chi connectivity index (χ0) is 14.1. The van der Waals surface area contributed by atoms with Crippen LogP contribution in [0.25, 0.3) is 0 Å². The van der Waals surface area contributed by atoms with Crippen LogP contribution < -0.4 is 0 Å². The first-order valence-electron chi connectivity index (χ1n) is 6.82. The Balaban J connectivity index is 4.29. The Labute approximate surface area is 111 Å². The molecule has 0 amide bonds. The number of carboxylic acid groups (broad SMARTS) is 1. The highest BCUT2D eigenvalue weighted by molar-refractivity contribution is 5.69. The maximum absolute atomic E-state index is 11.0. The number of aliphatic carboxylic acids is 1. The SMILES string of the molecule is CCC(CC(OCC(C)C)OCC(C)C)C(=O)O. The summed E-state index contributed by atoms with van der Waals surface area (Å²) in [4.78, 5) is 11.0. The predicted octanol–water partition coefficient (Wildman–Crippen LogP) is 3.16. The van der Waals surface area contributed by atoms with Crippen molar-refractivity contribution in [1.29, 1.82) is 0 Å². The molecule has 0 radical (unpaired) electrons. The van der Waals surface area contributed by atoms with Crippen molar-refractivity contribution in [3.8, 4) is 0 Å². The molecule has 4 nitrogen and oxygen atoms in total. The number of ether oxygens (including phenoxy) is 2. The molecule has 0 aliphatic carbocycles. The molecular weight excluding hydrogens is 232 g/mol. The molecule has 0 aromatic carbocycles. The normalized spacial score (nSPS) is 13.6. The van der Waals surface area contributed by atoms with Crippen molar-refractivity contribution < 1.29 is 19.4 Å². The Bertz CT molecular complexity index is 214. The van der Waals surface area contributed by atoms with Gasteiger partial charge in [-0.1, -0.05) is 34.6 Å². The van der Waals surface area contributed by atoms with Crippen LogP contribution in [0.2, 0.25) is 0 Å². The van der Waals surface area contributed by atoms with E-state index in [-0.39, 0.29) is 0 Å². The summed E-state index contributed by atoms with van der Waals surface area (Å²) in [7, 11) is 0. The maximum atomic E-state index is 11.0.